The zero-order valence-corrected chi connectivity index (χ0v) is 10.0. The van der Waals surface area contributed by atoms with Crippen LogP contribution in [0.4, 0.5) is 13.2 Å². The molecule has 0 radical (unpaired) electrons. The van der Waals surface area contributed by atoms with Gasteiger partial charge in [0, 0.05) is 12.0 Å². The summed E-state index contributed by atoms with van der Waals surface area (Å²) >= 11 is 0. The molecule has 1 aromatic rings. The molecule has 0 fully saturated rings. The summed E-state index contributed by atoms with van der Waals surface area (Å²) < 4.78 is 43.5. The number of benzene rings is 1. The molecule has 0 aliphatic rings. The summed E-state index contributed by atoms with van der Waals surface area (Å²) in [6.07, 6.45) is -0.126. The van der Waals surface area contributed by atoms with Gasteiger partial charge in [-0.1, -0.05) is 0 Å². The van der Waals surface area contributed by atoms with Crippen molar-refractivity contribution in [3.8, 4) is 0 Å². The summed E-state index contributed by atoms with van der Waals surface area (Å²) in [7, 11) is 1.20. The van der Waals surface area contributed by atoms with Crippen LogP contribution in [0.5, 0.6) is 0 Å². The number of carbonyl (C=O) groups excluding carboxylic acids is 1. The van der Waals surface area contributed by atoms with Crippen LogP contribution in [0.2, 0.25) is 0 Å². The smallest absolute Gasteiger partial charge is 0.306 e. The zero-order valence-electron chi connectivity index (χ0n) is 10.0. The van der Waals surface area contributed by atoms with Crippen LogP contribution in [0.3, 0.4) is 0 Å². The minimum Gasteiger partial charge on any atom is -0.469 e. The average Bonchev–Trinajstić information content (AvgIpc) is 2.31. The van der Waals surface area contributed by atoms with E-state index in [2.05, 4.69) is 4.74 Å². The second-order valence-electron chi connectivity index (χ2n) is 4.04. The fraction of sp³-hybridized carbons (Fsp3) is 0.417. The van der Waals surface area contributed by atoms with Crippen molar-refractivity contribution in [1.29, 1.82) is 0 Å². The number of nitrogens with two attached hydrogens (primary N) is 1. The van der Waals surface area contributed by atoms with Gasteiger partial charge in [0.15, 0.2) is 17.5 Å². The summed E-state index contributed by atoms with van der Waals surface area (Å²) in [5, 5.41) is 0. The third-order valence-electron chi connectivity index (χ3n) is 2.68. The molecule has 0 saturated carbocycles. The lowest BCUT2D eigenvalue weighted by molar-refractivity contribution is -0.141. The highest BCUT2D eigenvalue weighted by Gasteiger charge is 2.23. The molecule has 1 aromatic carbocycles. The Bertz CT molecular complexity index is 426. The normalized spacial score (nSPS) is 14.1. The van der Waals surface area contributed by atoms with Crippen LogP contribution >= 0.6 is 0 Å². The van der Waals surface area contributed by atoms with Crippen LogP contribution in [0.1, 0.15) is 24.8 Å². The van der Waals surface area contributed by atoms with E-state index in [-0.39, 0.29) is 12.0 Å². The van der Waals surface area contributed by atoms with Crippen molar-refractivity contribution >= 4 is 5.97 Å². The van der Waals surface area contributed by atoms with E-state index in [1.807, 2.05) is 0 Å². The van der Waals surface area contributed by atoms with Gasteiger partial charge in [-0.3, -0.25) is 4.79 Å². The predicted molar refractivity (Wildman–Crippen MR) is 59.3 cm³/mol. The van der Waals surface area contributed by atoms with Gasteiger partial charge in [0.1, 0.15) is 0 Å². The van der Waals surface area contributed by atoms with Gasteiger partial charge in [-0.15, -0.1) is 0 Å². The Hall–Kier alpha value is -1.56. The molecular formula is C12H14F3NO2. The van der Waals surface area contributed by atoms with E-state index in [1.165, 1.54) is 7.11 Å². The maximum atomic E-state index is 13.1. The van der Waals surface area contributed by atoms with Crippen LogP contribution in [-0.2, 0) is 9.53 Å². The van der Waals surface area contributed by atoms with Crippen molar-refractivity contribution in [3.63, 3.8) is 0 Å². The number of ether oxygens (including phenoxy) is 1. The Morgan fingerprint density at radius 1 is 1.33 bits per heavy atom. The Morgan fingerprint density at radius 2 is 1.83 bits per heavy atom. The number of carbonyl (C=O) groups is 1. The molecule has 0 aliphatic heterocycles. The molecule has 0 aromatic heterocycles. The van der Waals surface area contributed by atoms with Gasteiger partial charge < -0.3 is 10.5 Å². The molecule has 0 amide bonds. The lowest BCUT2D eigenvalue weighted by Crippen LogP contribution is -2.27. The first-order valence-electron chi connectivity index (χ1n) is 5.33. The quantitative estimate of drug-likeness (QED) is 0.667. The number of hydrogen-bond acceptors (Lipinski definition) is 3. The number of hydrogen-bond donors (Lipinski definition) is 1. The van der Waals surface area contributed by atoms with E-state index in [1.54, 1.807) is 6.92 Å². The SMILES string of the molecule is COC(=O)CC(c1cc(F)c(F)c(F)c1)C(C)N. The molecule has 100 valence electrons. The molecule has 2 unspecified atom stereocenters. The molecule has 6 heteroatoms. The highest BCUT2D eigenvalue weighted by atomic mass is 19.2. The first-order valence-corrected chi connectivity index (χ1v) is 5.33. The first-order chi connectivity index (χ1) is 8.36. The summed E-state index contributed by atoms with van der Waals surface area (Å²) in [6, 6.07) is 1.15. The molecule has 0 aliphatic carbocycles. The summed E-state index contributed by atoms with van der Waals surface area (Å²) in [5.41, 5.74) is 5.79. The lowest BCUT2D eigenvalue weighted by atomic mass is 9.89. The largest absolute Gasteiger partial charge is 0.469 e. The van der Waals surface area contributed by atoms with Crippen molar-refractivity contribution in [2.24, 2.45) is 5.73 Å². The Balaban J connectivity index is 3.10. The fourth-order valence-corrected chi connectivity index (χ4v) is 1.66. The van der Waals surface area contributed by atoms with Gasteiger partial charge in [-0.2, -0.15) is 0 Å². The van der Waals surface area contributed by atoms with E-state index in [9.17, 15) is 18.0 Å². The molecular weight excluding hydrogens is 247 g/mol. The second-order valence-corrected chi connectivity index (χ2v) is 4.04. The monoisotopic (exact) mass is 261 g/mol. The molecule has 1 rings (SSSR count). The molecule has 18 heavy (non-hydrogen) atoms. The van der Waals surface area contributed by atoms with Gasteiger partial charge in [0.25, 0.3) is 0 Å². The lowest BCUT2D eigenvalue weighted by Gasteiger charge is -2.20. The second kappa shape index (κ2) is 5.86. The van der Waals surface area contributed by atoms with Gasteiger partial charge in [-0.25, -0.2) is 13.2 Å². The maximum Gasteiger partial charge on any atom is 0.306 e. The molecule has 0 saturated heterocycles. The fourth-order valence-electron chi connectivity index (χ4n) is 1.66. The summed E-state index contributed by atoms with van der Waals surface area (Å²) in [4.78, 5) is 11.2. The van der Waals surface area contributed by atoms with Gasteiger partial charge in [0.05, 0.1) is 13.5 Å². The summed E-state index contributed by atoms with van der Waals surface area (Å²) in [6.45, 7) is 1.59. The highest BCUT2D eigenvalue weighted by Crippen LogP contribution is 2.26. The van der Waals surface area contributed by atoms with Crippen molar-refractivity contribution in [3.05, 3.63) is 35.1 Å². The van der Waals surface area contributed by atoms with Crippen LogP contribution in [0.15, 0.2) is 12.1 Å². The molecule has 2 atom stereocenters. The van der Waals surface area contributed by atoms with Crippen LogP contribution in [-0.4, -0.2) is 19.1 Å². The van der Waals surface area contributed by atoms with Crippen molar-refractivity contribution < 1.29 is 22.7 Å². The van der Waals surface area contributed by atoms with Gasteiger partial charge in [0.2, 0.25) is 0 Å². The van der Waals surface area contributed by atoms with E-state index < -0.39 is 35.4 Å². The third-order valence-corrected chi connectivity index (χ3v) is 2.68. The number of rotatable bonds is 4. The first kappa shape index (κ1) is 14.5. The van der Waals surface area contributed by atoms with E-state index in [4.69, 9.17) is 5.73 Å². The number of esters is 1. The van der Waals surface area contributed by atoms with Gasteiger partial charge in [-0.05, 0) is 24.6 Å². The van der Waals surface area contributed by atoms with Gasteiger partial charge >= 0.3 is 5.97 Å². The van der Waals surface area contributed by atoms with E-state index >= 15 is 0 Å². The highest BCUT2D eigenvalue weighted by molar-refractivity contribution is 5.70. The van der Waals surface area contributed by atoms with E-state index in [0.717, 1.165) is 12.1 Å². The predicted octanol–water partition coefficient (Wildman–Crippen LogP) is 2.10. The summed E-state index contributed by atoms with van der Waals surface area (Å²) in [5.74, 6) is -5.34. The third kappa shape index (κ3) is 3.22. The Morgan fingerprint density at radius 3 is 2.22 bits per heavy atom. The van der Waals surface area contributed by atoms with Crippen LogP contribution in [0.25, 0.3) is 0 Å². The maximum absolute atomic E-state index is 13.1. The Labute approximate surface area is 103 Å². The molecule has 0 bridgehead atoms. The topological polar surface area (TPSA) is 52.3 Å². The number of methoxy groups -OCH3 is 1. The van der Waals surface area contributed by atoms with Crippen LogP contribution < -0.4 is 5.73 Å². The molecule has 0 spiro atoms. The average molecular weight is 261 g/mol. The van der Waals surface area contributed by atoms with E-state index in [0.29, 0.717) is 0 Å². The van der Waals surface area contributed by atoms with Crippen LogP contribution in [0, 0.1) is 17.5 Å². The molecule has 2 N–H and O–H groups in total. The molecule has 0 heterocycles. The standard InChI is InChI=1S/C12H14F3NO2/c1-6(16)8(5-11(17)18-2)7-3-9(13)12(15)10(14)4-7/h3-4,6,8H,5,16H2,1-2H3. The Kier molecular flexibility index (Phi) is 4.72. The minimum atomic E-state index is -1.54. The van der Waals surface area contributed by atoms with Crippen molar-refractivity contribution in [2.75, 3.05) is 7.11 Å². The van der Waals surface area contributed by atoms with Crippen molar-refractivity contribution in [1.82, 2.24) is 0 Å². The minimum absolute atomic E-state index is 0.126. The number of halogens is 3. The van der Waals surface area contributed by atoms with Crippen molar-refractivity contribution in [2.45, 2.75) is 25.3 Å². The zero-order chi connectivity index (χ0) is 13.9. The molecule has 3 nitrogen and oxygen atoms in total.